The Morgan fingerprint density at radius 2 is 1.22 bits per heavy atom. The minimum atomic E-state index is -0.155. The van der Waals surface area contributed by atoms with Crippen molar-refractivity contribution in [2.24, 2.45) is 0 Å². The lowest BCUT2D eigenvalue weighted by atomic mass is 9.79. The summed E-state index contributed by atoms with van der Waals surface area (Å²) in [4.78, 5) is 0. The van der Waals surface area contributed by atoms with Gasteiger partial charge in [0.25, 0.3) is 0 Å². The Hall–Kier alpha value is -5.29. The lowest BCUT2D eigenvalue weighted by molar-refractivity contribution is 0.453. The Labute approximate surface area is 292 Å². The van der Waals surface area contributed by atoms with Crippen LogP contribution in [0.25, 0.3) is 16.8 Å². The molecular formula is C44H48N4O. The smallest absolute Gasteiger partial charge is 0.133 e. The van der Waals surface area contributed by atoms with Gasteiger partial charge in [0.2, 0.25) is 0 Å². The summed E-state index contributed by atoms with van der Waals surface area (Å²) >= 11 is 0. The van der Waals surface area contributed by atoms with E-state index in [1.165, 1.54) is 22.3 Å². The van der Waals surface area contributed by atoms with Gasteiger partial charge in [-0.05, 0) is 84.2 Å². The van der Waals surface area contributed by atoms with Crippen LogP contribution < -0.4 is 15.4 Å². The lowest BCUT2D eigenvalue weighted by Gasteiger charge is -2.30. The van der Waals surface area contributed by atoms with Gasteiger partial charge in [0.1, 0.15) is 11.5 Å². The van der Waals surface area contributed by atoms with Crippen LogP contribution in [-0.2, 0) is 10.8 Å². The minimum Gasteiger partial charge on any atom is -0.457 e. The molecule has 49 heavy (non-hydrogen) atoms. The van der Waals surface area contributed by atoms with E-state index in [1.54, 1.807) is 0 Å². The molecule has 0 amide bonds. The fourth-order valence-electron chi connectivity index (χ4n) is 6.39. The molecule has 5 heteroatoms. The van der Waals surface area contributed by atoms with E-state index >= 15 is 0 Å². The largest absolute Gasteiger partial charge is 0.457 e. The molecule has 0 aliphatic carbocycles. The highest BCUT2D eigenvalue weighted by molar-refractivity contribution is 5.81. The molecule has 5 aromatic carbocycles. The van der Waals surface area contributed by atoms with Crippen LogP contribution >= 0.6 is 0 Å². The van der Waals surface area contributed by atoms with Gasteiger partial charge in [0, 0.05) is 40.8 Å². The molecule has 1 aromatic heterocycles. The van der Waals surface area contributed by atoms with Crippen molar-refractivity contribution >= 4 is 22.7 Å². The molecule has 0 bridgehead atoms. The first kappa shape index (κ1) is 33.6. The van der Waals surface area contributed by atoms with Gasteiger partial charge in [0.15, 0.2) is 0 Å². The van der Waals surface area contributed by atoms with Gasteiger partial charge in [-0.3, -0.25) is 0 Å². The SMILES string of the molecule is Cc1cc(C)c(Nc2ccccc2Nc2cc(Oc3cccc(-n4cc(-c5ccccc5)cn4)c3)c(C(C)(C)C)cc2C(C)(C)C)c(C)c1. The molecule has 1 heterocycles. The van der Waals surface area contributed by atoms with Gasteiger partial charge in [0.05, 0.1) is 23.3 Å². The summed E-state index contributed by atoms with van der Waals surface area (Å²) in [6.07, 6.45) is 3.96. The van der Waals surface area contributed by atoms with Gasteiger partial charge in [-0.1, -0.05) is 108 Å². The number of nitrogens with zero attached hydrogens (tertiary/aromatic N) is 2. The summed E-state index contributed by atoms with van der Waals surface area (Å²) in [5.41, 5.74) is 13.1. The summed E-state index contributed by atoms with van der Waals surface area (Å²) in [7, 11) is 0. The molecule has 0 fully saturated rings. The third-order valence-corrected chi connectivity index (χ3v) is 8.87. The fourth-order valence-corrected chi connectivity index (χ4v) is 6.39. The molecule has 6 rings (SSSR count). The molecule has 0 saturated heterocycles. The molecule has 0 aliphatic heterocycles. The van der Waals surface area contributed by atoms with E-state index in [2.05, 4.69) is 151 Å². The maximum Gasteiger partial charge on any atom is 0.133 e. The van der Waals surface area contributed by atoms with Crippen molar-refractivity contribution in [2.45, 2.75) is 73.1 Å². The molecule has 5 nitrogen and oxygen atoms in total. The van der Waals surface area contributed by atoms with Gasteiger partial charge >= 0.3 is 0 Å². The zero-order chi connectivity index (χ0) is 34.9. The van der Waals surface area contributed by atoms with Crippen LogP contribution in [0.15, 0.2) is 116 Å². The topological polar surface area (TPSA) is 51.1 Å². The van der Waals surface area contributed by atoms with Gasteiger partial charge in [-0.25, -0.2) is 4.68 Å². The van der Waals surface area contributed by atoms with Crippen molar-refractivity contribution in [3.05, 3.63) is 143 Å². The molecule has 6 aromatic rings. The van der Waals surface area contributed by atoms with E-state index in [9.17, 15) is 0 Å². The highest BCUT2D eigenvalue weighted by Gasteiger charge is 2.27. The van der Waals surface area contributed by atoms with Crippen LogP contribution in [0.4, 0.5) is 22.7 Å². The maximum absolute atomic E-state index is 6.81. The quantitative estimate of drug-likeness (QED) is 0.172. The molecule has 2 N–H and O–H groups in total. The second-order valence-electron chi connectivity index (χ2n) is 15.1. The predicted molar refractivity (Wildman–Crippen MR) is 207 cm³/mol. The first-order valence-corrected chi connectivity index (χ1v) is 17.0. The second-order valence-corrected chi connectivity index (χ2v) is 15.1. The van der Waals surface area contributed by atoms with Crippen molar-refractivity contribution in [2.75, 3.05) is 10.6 Å². The minimum absolute atomic E-state index is 0.121. The van der Waals surface area contributed by atoms with Gasteiger partial charge in [-0.15, -0.1) is 0 Å². The zero-order valence-electron chi connectivity index (χ0n) is 30.3. The van der Waals surface area contributed by atoms with Gasteiger partial charge in [-0.2, -0.15) is 5.10 Å². The number of anilines is 4. The summed E-state index contributed by atoms with van der Waals surface area (Å²) in [5, 5.41) is 12.2. The van der Waals surface area contributed by atoms with Crippen molar-refractivity contribution in [3.8, 4) is 28.3 Å². The Morgan fingerprint density at radius 3 is 1.88 bits per heavy atom. The van der Waals surface area contributed by atoms with Crippen LogP contribution in [0, 0.1) is 20.8 Å². The summed E-state index contributed by atoms with van der Waals surface area (Å²) in [5.74, 6) is 1.57. The Bertz CT molecular complexity index is 2070. The van der Waals surface area contributed by atoms with Crippen molar-refractivity contribution in [1.29, 1.82) is 0 Å². The highest BCUT2D eigenvalue weighted by Crippen LogP contribution is 2.44. The van der Waals surface area contributed by atoms with Crippen molar-refractivity contribution < 1.29 is 4.74 Å². The number of nitrogens with one attached hydrogen (secondary N) is 2. The molecule has 0 atom stereocenters. The van der Waals surface area contributed by atoms with E-state index in [1.807, 2.05) is 47.3 Å². The highest BCUT2D eigenvalue weighted by atomic mass is 16.5. The Balaban J connectivity index is 1.38. The predicted octanol–water partition coefficient (Wildman–Crippen LogP) is 12.3. The first-order valence-electron chi connectivity index (χ1n) is 17.0. The lowest BCUT2D eigenvalue weighted by Crippen LogP contribution is -2.19. The van der Waals surface area contributed by atoms with E-state index in [-0.39, 0.29) is 10.8 Å². The third-order valence-electron chi connectivity index (χ3n) is 8.87. The van der Waals surface area contributed by atoms with E-state index in [0.717, 1.165) is 56.6 Å². The number of aryl methyl sites for hydroxylation is 3. The summed E-state index contributed by atoms with van der Waals surface area (Å²) < 4.78 is 8.71. The molecule has 0 saturated carbocycles. The summed E-state index contributed by atoms with van der Waals surface area (Å²) in [6.45, 7) is 20.0. The Morgan fingerprint density at radius 1 is 0.592 bits per heavy atom. The van der Waals surface area contributed by atoms with Crippen LogP contribution in [0.5, 0.6) is 11.5 Å². The zero-order valence-corrected chi connectivity index (χ0v) is 30.3. The normalized spacial score (nSPS) is 11.8. The van der Waals surface area contributed by atoms with E-state index in [4.69, 9.17) is 4.74 Å². The number of hydrogen-bond donors (Lipinski definition) is 2. The van der Waals surface area contributed by atoms with Crippen LogP contribution in [-0.4, -0.2) is 9.78 Å². The maximum atomic E-state index is 6.81. The molecule has 0 spiro atoms. The number of para-hydroxylation sites is 2. The second kappa shape index (κ2) is 13.3. The molecule has 250 valence electrons. The van der Waals surface area contributed by atoms with E-state index in [0.29, 0.717) is 0 Å². The van der Waals surface area contributed by atoms with E-state index < -0.39 is 0 Å². The average Bonchev–Trinajstić information content (AvgIpc) is 3.54. The molecule has 0 aliphatic rings. The molecular weight excluding hydrogens is 601 g/mol. The number of hydrogen-bond acceptors (Lipinski definition) is 4. The number of aromatic nitrogens is 2. The van der Waals surface area contributed by atoms with Crippen molar-refractivity contribution in [3.63, 3.8) is 0 Å². The number of ether oxygens (including phenoxy) is 1. The first-order chi connectivity index (χ1) is 23.3. The van der Waals surface area contributed by atoms with Crippen LogP contribution in [0.2, 0.25) is 0 Å². The fraction of sp³-hybridized carbons (Fsp3) is 0.250. The van der Waals surface area contributed by atoms with Gasteiger partial charge < -0.3 is 15.4 Å². The monoisotopic (exact) mass is 648 g/mol. The van der Waals surface area contributed by atoms with Crippen LogP contribution in [0.1, 0.15) is 69.4 Å². The number of rotatable bonds is 8. The van der Waals surface area contributed by atoms with Crippen molar-refractivity contribution in [1.82, 2.24) is 9.78 Å². The molecule has 0 radical (unpaired) electrons. The van der Waals surface area contributed by atoms with Crippen LogP contribution in [0.3, 0.4) is 0 Å². The summed E-state index contributed by atoms with van der Waals surface area (Å²) in [6, 6.07) is 35.8. The Kier molecular flexibility index (Phi) is 9.13. The standard InChI is InChI=1S/C44H48N4O/c1-29-22-30(2)42(31(3)23-29)47-39-21-14-13-20-38(39)46-40-26-41(37(44(7,8)9)25-36(40)43(4,5)6)49-35-19-15-18-34(24-35)48-28-33(27-45-48)32-16-11-10-12-17-32/h10-28,46-47H,1-9H3. The third kappa shape index (κ3) is 7.57. The average molecular weight is 649 g/mol. The molecule has 0 unspecified atom stereocenters. The number of benzene rings is 5.